The van der Waals surface area contributed by atoms with Gasteiger partial charge in [-0.1, -0.05) is 12.8 Å². The van der Waals surface area contributed by atoms with E-state index < -0.39 is 5.41 Å². The molecule has 3 aromatic rings. The molecule has 3 heterocycles. The Bertz CT molecular complexity index is 1420. The van der Waals surface area contributed by atoms with Crippen LogP contribution in [0.2, 0.25) is 0 Å². The second-order valence-corrected chi connectivity index (χ2v) is 10.8. The second kappa shape index (κ2) is 11.0. The van der Waals surface area contributed by atoms with Crippen molar-refractivity contribution in [2.75, 3.05) is 48.2 Å². The average molecular weight is 546 g/mol. The van der Waals surface area contributed by atoms with Gasteiger partial charge < -0.3 is 29.9 Å². The lowest BCUT2D eigenvalue weighted by Crippen LogP contribution is -2.45. The third-order valence-electron chi connectivity index (χ3n) is 7.52. The molecule has 1 saturated carbocycles. The van der Waals surface area contributed by atoms with Crippen LogP contribution in [0, 0.1) is 5.41 Å². The fourth-order valence-corrected chi connectivity index (χ4v) is 5.42. The van der Waals surface area contributed by atoms with Gasteiger partial charge >= 0.3 is 0 Å². The van der Waals surface area contributed by atoms with Gasteiger partial charge in [-0.25, -0.2) is 9.97 Å². The highest BCUT2D eigenvalue weighted by atomic mass is 16.5. The Morgan fingerprint density at radius 1 is 1.07 bits per heavy atom. The number of carbonyl (C=O) groups is 2. The Morgan fingerprint density at radius 3 is 2.58 bits per heavy atom. The number of ether oxygens (including phenoxy) is 2. The average Bonchev–Trinajstić information content (AvgIpc) is 3.48. The Kier molecular flexibility index (Phi) is 7.46. The molecule has 2 aromatic heterocycles. The summed E-state index contributed by atoms with van der Waals surface area (Å²) < 4.78 is 10.8. The van der Waals surface area contributed by atoms with E-state index in [0.29, 0.717) is 52.8 Å². The Balaban J connectivity index is 1.43. The predicted molar refractivity (Wildman–Crippen MR) is 154 cm³/mol. The molecule has 2 aliphatic rings. The summed E-state index contributed by atoms with van der Waals surface area (Å²) >= 11 is 0. The van der Waals surface area contributed by atoms with Gasteiger partial charge in [-0.3, -0.25) is 9.59 Å². The van der Waals surface area contributed by atoms with Crippen LogP contribution >= 0.6 is 0 Å². The zero-order valence-corrected chi connectivity index (χ0v) is 23.5. The van der Waals surface area contributed by atoms with Gasteiger partial charge in [-0.05, 0) is 57.0 Å². The molecule has 210 valence electrons. The summed E-state index contributed by atoms with van der Waals surface area (Å²) in [5.41, 5.74) is 1.59. The third-order valence-corrected chi connectivity index (χ3v) is 7.52. The van der Waals surface area contributed by atoms with Crippen LogP contribution < -0.4 is 29.9 Å². The number of nitrogens with zero attached hydrogens (tertiary/aromatic N) is 5. The van der Waals surface area contributed by atoms with E-state index in [9.17, 15) is 9.59 Å². The fraction of sp³-hybridized carbons (Fsp3) is 0.414. The van der Waals surface area contributed by atoms with Crippen molar-refractivity contribution in [3.05, 3.63) is 48.3 Å². The first kappa shape index (κ1) is 27.2. The second-order valence-electron chi connectivity index (χ2n) is 10.8. The number of benzene rings is 1. The molecule has 0 saturated heterocycles. The normalized spacial score (nSPS) is 16.8. The van der Waals surface area contributed by atoms with E-state index in [-0.39, 0.29) is 11.8 Å². The number of anilines is 5. The first-order valence-electron chi connectivity index (χ1n) is 13.4. The summed E-state index contributed by atoms with van der Waals surface area (Å²) in [7, 11) is 4.82. The number of hydrogen-bond acceptors (Lipinski definition) is 9. The van der Waals surface area contributed by atoms with Crippen molar-refractivity contribution in [3.8, 4) is 11.6 Å². The van der Waals surface area contributed by atoms with Crippen molar-refractivity contribution < 1.29 is 19.1 Å². The predicted octanol–water partition coefficient (Wildman–Crippen LogP) is 4.64. The van der Waals surface area contributed by atoms with Crippen molar-refractivity contribution in [2.24, 2.45) is 5.41 Å². The summed E-state index contributed by atoms with van der Waals surface area (Å²) in [5.74, 6) is 1.59. The van der Waals surface area contributed by atoms with E-state index in [0.717, 1.165) is 18.7 Å². The summed E-state index contributed by atoms with van der Waals surface area (Å²) in [6.45, 7) is 4.55. The first-order valence-corrected chi connectivity index (χ1v) is 13.4. The molecule has 0 atom stereocenters. The van der Waals surface area contributed by atoms with Crippen LogP contribution in [0.3, 0.4) is 0 Å². The molecule has 1 aliphatic carbocycles. The van der Waals surface area contributed by atoms with Crippen molar-refractivity contribution >= 4 is 40.6 Å². The number of rotatable bonds is 7. The summed E-state index contributed by atoms with van der Waals surface area (Å²) in [4.78, 5) is 43.7. The molecule has 0 bridgehead atoms. The lowest BCUT2D eigenvalue weighted by Gasteiger charge is -2.34. The monoisotopic (exact) mass is 545 g/mol. The highest BCUT2D eigenvalue weighted by Gasteiger charge is 2.41. The fourth-order valence-electron chi connectivity index (χ4n) is 5.42. The lowest BCUT2D eigenvalue weighted by molar-refractivity contribution is -0.125. The number of aromatic nitrogens is 3. The zero-order chi connectivity index (χ0) is 28.4. The number of pyridine rings is 1. The minimum absolute atomic E-state index is 0.0398. The van der Waals surface area contributed by atoms with Crippen molar-refractivity contribution in [1.82, 2.24) is 15.0 Å². The number of nitrogens with one attached hydrogen (secondary N) is 2. The third kappa shape index (κ3) is 5.23. The van der Waals surface area contributed by atoms with Gasteiger partial charge in [0, 0.05) is 31.4 Å². The molecule has 40 heavy (non-hydrogen) atoms. The smallest absolute Gasteiger partial charge is 0.255 e. The number of fused-ring (bicyclic) bond motifs is 1. The molecule has 5 rings (SSSR count). The van der Waals surface area contributed by atoms with Crippen LogP contribution in [0.15, 0.2) is 42.7 Å². The molecule has 0 spiro atoms. The van der Waals surface area contributed by atoms with Gasteiger partial charge in [0.05, 0.1) is 31.5 Å². The number of hydrogen-bond donors (Lipinski definition) is 2. The lowest BCUT2D eigenvalue weighted by atomic mass is 9.91. The highest BCUT2D eigenvalue weighted by molar-refractivity contribution is 6.05. The molecule has 11 nitrogen and oxygen atoms in total. The first-order chi connectivity index (χ1) is 19.2. The van der Waals surface area contributed by atoms with Gasteiger partial charge in [0.15, 0.2) is 5.82 Å². The quantitative estimate of drug-likeness (QED) is 0.437. The van der Waals surface area contributed by atoms with E-state index in [1.54, 1.807) is 54.7 Å². The van der Waals surface area contributed by atoms with E-state index in [2.05, 4.69) is 25.5 Å². The van der Waals surface area contributed by atoms with E-state index in [4.69, 9.17) is 14.5 Å². The SMILES string of the molecule is COc1cc(C(=O)Nc2cccnc2OC)ccc1Nc1ncc2c(n1)N(C1CCCC1)CC(C)(C)C(=O)N2C. The van der Waals surface area contributed by atoms with Gasteiger partial charge in [0.2, 0.25) is 17.7 Å². The van der Waals surface area contributed by atoms with Crippen LogP contribution in [-0.2, 0) is 4.79 Å². The molecule has 1 aliphatic heterocycles. The molecular formula is C29H35N7O4. The van der Waals surface area contributed by atoms with Crippen molar-refractivity contribution in [3.63, 3.8) is 0 Å². The molecule has 2 N–H and O–H groups in total. The minimum atomic E-state index is -0.564. The standard InChI is InChI=1S/C29H35N7O4/c1-29(2)17-36(19-9-6-7-10-19)24-22(35(3)27(29)38)16-31-28(34-24)33-20-13-12-18(15-23(20)39-4)25(37)32-21-11-8-14-30-26(21)40-5/h8,11-16,19H,6-7,9-10,17H2,1-5H3,(H,32,37)(H,31,33,34). The molecule has 1 aromatic carbocycles. The Hall–Kier alpha value is -4.41. The van der Waals surface area contributed by atoms with Crippen LogP contribution in [0.1, 0.15) is 49.9 Å². The maximum Gasteiger partial charge on any atom is 0.255 e. The van der Waals surface area contributed by atoms with Crippen LogP contribution in [0.25, 0.3) is 0 Å². The Labute approximate surface area is 233 Å². The van der Waals surface area contributed by atoms with Gasteiger partial charge in [-0.2, -0.15) is 4.98 Å². The number of amides is 2. The van der Waals surface area contributed by atoms with E-state index >= 15 is 0 Å². The zero-order valence-electron chi connectivity index (χ0n) is 23.5. The summed E-state index contributed by atoms with van der Waals surface area (Å²) in [6, 6.07) is 8.83. The van der Waals surface area contributed by atoms with Gasteiger partial charge in [0.25, 0.3) is 5.91 Å². The van der Waals surface area contributed by atoms with Gasteiger partial charge in [-0.15, -0.1) is 0 Å². The van der Waals surface area contributed by atoms with E-state index in [1.165, 1.54) is 27.1 Å². The van der Waals surface area contributed by atoms with E-state index in [1.807, 2.05) is 13.8 Å². The molecule has 11 heteroatoms. The summed E-state index contributed by atoms with van der Waals surface area (Å²) in [6.07, 6.45) is 7.77. The molecule has 0 unspecified atom stereocenters. The highest BCUT2D eigenvalue weighted by Crippen LogP contribution is 2.40. The molecule has 0 radical (unpaired) electrons. The maximum atomic E-state index is 13.3. The van der Waals surface area contributed by atoms with Crippen LogP contribution in [0.5, 0.6) is 11.6 Å². The Morgan fingerprint density at radius 2 is 1.85 bits per heavy atom. The molecule has 1 fully saturated rings. The van der Waals surface area contributed by atoms with Crippen molar-refractivity contribution in [1.29, 1.82) is 0 Å². The maximum absolute atomic E-state index is 13.3. The topological polar surface area (TPSA) is 122 Å². The van der Waals surface area contributed by atoms with Crippen molar-refractivity contribution in [2.45, 2.75) is 45.6 Å². The minimum Gasteiger partial charge on any atom is -0.495 e. The number of methoxy groups -OCH3 is 2. The molecular weight excluding hydrogens is 510 g/mol. The van der Waals surface area contributed by atoms with Gasteiger partial charge in [0.1, 0.15) is 17.1 Å². The molecule has 2 amide bonds. The van der Waals surface area contributed by atoms with Crippen LogP contribution in [-0.4, -0.2) is 60.6 Å². The number of carbonyl (C=O) groups excluding carboxylic acids is 2. The summed E-state index contributed by atoms with van der Waals surface area (Å²) in [5, 5.41) is 6.07. The van der Waals surface area contributed by atoms with Crippen LogP contribution in [0.4, 0.5) is 28.8 Å². The largest absolute Gasteiger partial charge is 0.495 e.